The predicted octanol–water partition coefficient (Wildman–Crippen LogP) is 3.21. The van der Waals surface area contributed by atoms with Gasteiger partial charge in [0, 0.05) is 5.75 Å². The number of nitriles is 1. The summed E-state index contributed by atoms with van der Waals surface area (Å²) in [6.45, 7) is 2.17. The molecule has 0 saturated carbocycles. The molecular weight excluding hydrogens is 206 g/mol. The Morgan fingerprint density at radius 3 is 2.87 bits per heavy atom. The van der Waals surface area contributed by atoms with Gasteiger partial charge in [-0.05, 0) is 29.9 Å². The van der Waals surface area contributed by atoms with E-state index < -0.39 is 0 Å². The maximum Gasteiger partial charge on any atom is 0.136 e. The summed E-state index contributed by atoms with van der Waals surface area (Å²) in [5.74, 6) is 2.78. The van der Waals surface area contributed by atoms with Crippen LogP contribution >= 0.6 is 11.8 Å². The molecule has 0 heterocycles. The summed E-state index contributed by atoms with van der Waals surface area (Å²) in [6.07, 6.45) is 1.19. The van der Waals surface area contributed by atoms with E-state index >= 15 is 0 Å². The summed E-state index contributed by atoms with van der Waals surface area (Å²) in [4.78, 5) is 0. The van der Waals surface area contributed by atoms with Gasteiger partial charge in [0.1, 0.15) is 11.8 Å². The second-order valence-electron chi connectivity index (χ2n) is 3.20. The summed E-state index contributed by atoms with van der Waals surface area (Å²) in [6, 6.07) is 7.93. The number of benzene rings is 1. The lowest BCUT2D eigenvalue weighted by Crippen LogP contribution is -1.90. The third kappa shape index (κ3) is 3.49. The molecular formula is C12H15NOS. The van der Waals surface area contributed by atoms with Gasteiger partial charge < -0.3 is 4.74 Å². The number of nitrogens with zero attached hydrogens (tertiary/aromatic N) is 1. The smallest absolute Gasteiger partial charge is 0.136 e. The van der Waals surface area contributed by atoms with Crippen LogP contribution < -0.4 is 4.74 Å². The molecule has 0 amide bonds. The third-order valence-corrected chi connectivity index (χ3v) is 3.24. The van der Waals surface area contributed by atoms with Crippen molar-refractivity contribution < 1.29 is 4.74 Å². The Bertz CT molecular complexity index is 357. The van der Waals surface area contributed by atoms with Gasteiger partial charge in [-0.1, -0.05) is 13.0 Å². The minimum atomic E-state index is 0.618. The summed E-state index contributed by atoms with van der Waals surface area (Å²) < 4.78 is 5.09. The molecule has 0 aliphatic heterocycles. The maximum absolute atomic E-state index is 8.91. The second-order valence-corrected chi connectivity index (χ2v) is 4.30. The zero-order valence-corrected chi connectivity index (χ0v) is 9.93. The molecule has 0 saturated heterocycles. The Morgan fingerprint density at radius 2 is 2.27 bits per heavy atom. The molecule has 0 N–H and O–H groups in total. The summed E-state index contributed by atoms with van der Waals surface area (Å²) in [7, 11) is 1.58. The highest BCUT2D eigenvalue weighted by molar-refractivity contribution is 7.98. The van der Waals surface area contributed by atoms with Crippen molar-refractivity contribution in [3.05, 3.63) is 29.3 Å². The van der Waals surface area contributed by atoms with Crippen molar-refractivity contribution >= 4 is 11.8 Å². The number of ether oxygens (including phenoxy) is 1. The third-order valence-electron chi connectivity index (χ3n) is 2.00. The van der Waals surface area contributed by atoms with Crippen LogP contribution in [-0.2, 0) is 5.75 Å². The SMILES string of the molecule is CCCSCc1ccc(OC)c(C#N)c1. The van der Waals surface area contributed by atoms with E-state index in [1.807, 2.05) is 30.0 Å². The number of thioether (sulfide) groups is 1. The van der Waals surface area contributed by atoms with Gasteiger partial charge in [0.2, 0.25) is 0 Å². The Balaban J connectivity index is 2.71. The zero-order chi connectivity index (χ0) is 11.1. The minimum Gasteiger partial charge on any atom is -0.495 e. The standard InChI is InChI=1S/C12H15NOS/c1-3-6-15-9-10-4-5-12(14-2)11(7-10)8-13/h4-5,7H,3,6,9H2,1-2H3. The van der Waals surface area contributed by atoms with Crippen molar-refractivity contribution in [3.8, 4) is 11.8 Å². The Morgan fingerprint density at radius 1 is 1.47 bits per heavy atom. The quantitative estimate of drug-likeness (QED) is 0.716. The highest BCUT2D eigenvalue weighted by Gasteiger charge is 2.03. The minimum absolute atomic E-state index is 0.618. The molecule has 0 fully saturated rings. The van der Waals surface area contributed by atoms with E-state index in [0.717, 1.165) is 11.5 Å². The van der Waals surface area contributed by atoms with Crippen LogP contribution in [-0.4, -0.2) is 12.9 Å². The fourth-order valence-corrected chi connectivity index (χ4v) is 2.11. The summed E-state index contributed by atoms with van der Waals surface area (Å²) in [5, 5.41) is 8.91. The number of rotatable bonds is 5. The molecule has 0 atom stereocenters. The normalized spacial score (nSPS) is 9.67. The van der Waals surface area contributed by atoms with Gasteiger partial charge in [0.15, 0.2) is 0 Å². The van der Waals surface area contributed by atoms with Crippen molar-refractivity contribution in [2.75, 3.05) is 12.9 Å². The van der Waals surface area contributed by atoms with Gasteiger partial charge in [-0.2, -0.15) is 17.0 Å². The highest BCUT2D eigenvalue weighted by atomic mass is 32.2. The first-order valence-corrected chi connectivity index (χ1v) is 6.12. The van der Waals surface area contributed by atoms with E-state index in [9.17, 15) is 0 Å². The first-order valence-electron chi connectivity index (χ1n) is 4.96. The van der Waals surface area contributed by atoms with Crippen molar-refractivity contribution in [2.45, 2.75) is 19.1 Å². The number of hydrogen-bond acceptors (Lipinski definition) is 3. The van der Waals surface area contributed by atoms with Gasteiger partial charge >= 0.3 is 0 Å². The molecule has 0 aromatic heterocycles. The van der Waals surface area contributed by atoms with Crippen LogP contribution in [0.3, 0.4) is 0 Å². The van der Waals surface area contributed by atoms with Gasteiger partial charge in [-0.15, -0.1) is 0 Å². The molecule has 0 aliphatic carbocycles. The van der Waals surface area contributed by atoms with Crippen molar-refractivity contribution in [2.24, 2.45) is 0 Å². The monoisotopic (exact) mass is 221 g/mol. The molecule has 1 aromatic rings. The largest absolute Gasteiger partial charge is 0.495 e. The molecule has 1 rings (SSSR count). The number of methoxy groups -OCH3 is 1. The van der Waals surface area contributed by atoms with Crippen LogP contribution in [0.5, 0.6) is 5.75 Å². The van der Waals surface area contributed by atoms with Crippen molar-refractivity contribution in [1.29, 1.82) is 5.26 Å². The lowest BCUT2D eigenvalue weighted by Gasteiger charge is -2.05. The van der Waals surface area contributed by atoms with Gasteiger partial charge in [-0.3, -0.25) is 0 Å². The highest BCUT2D eigenvalue weighted by Crippen LogP contribution is 2.21. The van der Waals surface area contributed by atoms with Crippen LogP contribution in [0.1, 0.15) is 24.5 Å². The summed E-state index contributed by atoms with van der Waals surface area (Å²) in [5.41, 5.74) is 1.80. The fourth-order valence-electron chi connectivity index (χ4n) is 1.27. The van der Waals surface area contributed by atoms with Crippen LogP contribution in [0.4, 0.5) is 0 Å². The number of hydrogen-bond donors (Lipinski definition) is 0. The lowest BCUT2D eigenvalue weighted by atomic mass is 10.1. The Kier molecular flexibility index (Phi) is 5.06. The first-order chi connectivity index (χ1) is 7.31. The Hall–Kier alpha value is -1.14. The van der Waals surface area contributed by atoms with E-state index in [1.165, 1.54) is 12.0 Å². The van der Waals surface area contributed by atoms with Gasteiger partial charge in [-0.25, -0.2) is 0 Å². The van der Waals surface area contributed by atoms with E-state index in [4.69, 9.17) is 10.00 Å². The van der Waals surface area contributed by atoms with E-state index in [0.29, 0.717) is 11.3 Å². The Labute approximate surface area is 95.3 Å². The van der Waals surface area contributed by atoms with E-state index in [1.54, 1.807) is 7.11 Å². The molecule has 0 spiro atoms. The first kappa shape index (κ1) is 11.9. The maximum atomic E-state index is 8.91. The van der Waals surface area contributed by atoms with E-state index in [2.05, 4.69) is 13.0 Å². The predicted molar refractivity (Wildman–Crippen MR) is 64.2 cm³/mol. The molecule has 15 heavy (non-hydrogen) atoms. The molecule has 0 aliphatic rings. The fraction of sp³-hybridized carbons (Fsp3) is 0.417. The zero-order valence-electron chi connectivity index (χ0n) is 9.12. The summed E-state index contributed by atoms with van der Waals surface area (Å²) >= 11 is 1.89. The van der Waals surface area contributed by atoms with Crippen LogP contribution in [0.15, 0.2) is 18.2 Å². The average Bonchev–Trinajstić information content (AvgIpc) is 2.29. The van der Waals surface area contributed by atoms with Crippen LogP contribution in [0.25, 0.3) is 0 Å². The van der Waals surface area contributed by atoms with Crippen LogP contribution in [0, 0.1) is 11.3 Å². The molecule has 2 nitrogen and oxygen atoms in total. The molecule has 0 radical (unpaired) electrons. The molecule has 3 heteroatoms. The molecule has 80 valence electrons. The second kappa shape index (κ2) is 6.36. The topological polar surface area (TPSA) is 33.0 Å². The molecule has 0 unspecified atom stereocenters. The molecule has 1 aromatic carbocycles. The van der Waals surface area contributed by atoms with Crippen LogP contribution in [0.2, 0.25) is 0 Å². The molecule has 0 bridgehead atoms. The van der Waals surface area contributed by atoms with E-state index in [-0.39, 0.29) is 0 Å². The van der Waals surface area contributed by atoms with Crippen molar-refractivity contribution in [1.82, 2.24) is 0 Å². The van der Waals surface area contributed by atoms with Gasteiger partial charge in [0.05, 0.1) is 12.7 Å². The average molecular weight is 221 g/mol. The lowest BCUT2D eigenvalue weighted by molar-refractivity contribution is 0.413. The van der Waals surface area contributed by atoms with Crippen molar-refractivity contribution in [3.63, 3.8) is 0 Å². The van der Waals surface area contributed by atoms with Gasteiger partial charge in [0.25, 0.3) is 0 Å².